The number of carbonyl (C=O) groups is 1. The van der Waals surface area contributed by atoms with Crippen molar-refractivity contribution in [3.05, 3.63) is 77.8 Å². The Morgan fingerprint density at radius 3 is 2.43 bits per heavy atom. The molecule has 2 saturated heterocycles. The smallest absolute Gasteiger partial charge is 0.324 e. The van der Waals surface area contributed by atoms with Gasteiger partial charge in [0.05, 0.1) is 6.54 Å². The Morgan fingerprint density at radius 1 is 1.20 bits per heavy atom. The van der Waals surface area contributed by atoms with Gasteiger partial charge < -0.3 is 15.0 Å². The van der Waals surface area contributed by atoms with Crippen LogP contribution in [0.15, 0.2) is 65.9 Å². The minimum atomic E-state index is -2.88. The number of urea groups is 1. The number of nitrogens with zero attached hydrogens (tertiary/aromatic N) is 3. The van der Waals surface area contributed by atoms with Crippen LogP contribution in [-0.2, 0) is 11.3 Å². The summed E-state index contributed by atoms with van der Waals surface area (Å²) in [5, 5.41) is 3.32. The van der Waals surface area contributed by atoms with Gasteiger partial charge in [0.25, 0.3) is 6.43 Å². The average molecular weight is 487 g/mol. The number of nitrogens with one attached hydrogen (secondary N) is 1. The number of aliphatic imine (C=N–C) groups is 1. The molecule has 0 radical (unpaired) electrons. The van der Waals surface area contributed by atoms with Crippen molar-refractivity contribution >= 4 is 17.6 Å². The first-order valence-corrected chi connectivity index (χ1v) is 11.5. The van der Waals surface area contributed by atoms with E-state index in [1.54, 1.807) is 4.90 Å². The summed E-state index contributed by atoms with van der Waals surface area (Å²) in [7, 11) is 1.36. The zero-order valence-electron chi connectivity index (χ0n) is 19.6. The van der Waals surface area contributed by atoms with Crippen molar-refractivity contribution in [2.24, 2.45) is 10.4 Å². The van der Waals surface area contributed by atoms with Gasteiger partial charge in [-0.05, 0) is 42.5 Å². The predicted molar refractivity (Wildman–Crippen MR) is 129 cm³/mol. The average Bonchev–Trinajstić information content (AvgIpc) is 2.85. The fourth-order valence-electron chi connectivity index (χ4n) is 4.43. The highest BCUT2D eigenvalue weighted by atomic mass is 19.3. The van der Waals surface area contributed by atoms with Crippen LogP contribution in [0, 0.1) is 11.2 Å². The Hall–Kier alpha value is -3.33. The molecule has 0 aliphatic carbocycles. The first-order chi connectivity index (χ1) is 16.8. The lowest BCUT2D eigenvalue weighted by Gasteiger charge is -2.48. The molecule has 9 heteroatoms. The number of benzene rings is 2. The van der Waals surface area contributed by atoms with Gasteiger partial charge in [-0.2, -0.15) is 0 Å². The predicted octanol–water partition coefficient (Wildman–Crippen LogP) is 4.81. The Kier molecular flexibility index (Phi) is 7.45. The highest BCUT2D eigenvalue weighted by Crippen LogP contribution is 2.35. The monoisotopic (exact) mass is 486 g/mol. The van der Waals surface area contributed by atoms with Crippen LogP contribution in [0.3, 0.4) is 0 Å². The van der Waals surface area contributed by atoms with Gasteiger partial charge in [-0.1, -0.05) is 30.8 Å². The zero-order valence-corrected chi connectivity index (χ0v) is 19.6. The van der Waals surface area contributed by atoms with Crippen LogP contribution < -0.4 is 10.2 Å². The van der Waals surface area contributed by atoms with Gasteiger partial charge in [-0.25, -0.2) is 18.0 Å². The molecular weight excluding hydrogens is 457 g/mol. The molecule has 0 aromatic heterocycles. The minimum absolute atomic E-state index is 0.0152. The van der Waals surface area contributed by atoms with Crippen LogP contribution in [0.1, 0.15) is 24.0 Å². The van der Waals surface area contributed by atoms with E-state index in [-0.39, 0.29) is 29.6 Å². The maximum atomic E-state index is 15.1. The Morgan fingerprint density at radius 2 is 1.89 bits per heavy atom. The molecular formula is C26H29F3N4O2. The highest BCUT2D eigenvalue weighted by Gasteiger charge is 2.41. The molecule has 2 aromatic carbocycles. The number of ether oxygens (including phenoxy) is 1. The van der Waals surface area contributed by atoms with Crippen molar-refractivity contribution in [1.29, 1.82) is 0 Å². The van der Waals surface area contributed by atoms with Crippen molar-refractivity contribution in [3.8, 4) is 0 Å². The van der Waals surface area contributed by atoms with E-state index in [2.05, 4.69) is 16.9 Å². The van der Waals surface area contributed by atoms with E-state index in [4.69, 9.17) is 4.74 Å². The summed E-state index contributed by atoms with van der Waals surface area (Å²) in [6.45, 7) is 6.48. The van der Waals surface area contributed by atoms with Gasteiger partial charge in [-0.3, -0.25) is 9.89 Å². The third-order valence-corrected chi connectivity index (χ3v) is 6.70. The van der Waals surface area contributed by atoms with E-state index >= 15 is 4.39 Å². The summed E-state index contributed by atoms with van der Waals surface area (Å²) in [6.07, 6.45) is -0.993. The molecule has 2 amide bonds. The second-order valence-electron chi connectivity index (χ2n) is 9.00. The van der Waals surface area contributed by atoms with Crippen LogP contribution >= 0.6 is 0 Å². The summed E-state index contributed by atoms with van der Waals surface area (Å²) in [5.41, 5.74) is 1.44. The summed E-state index contributed by atoms with van der Waals surface area (Å²) in [4.78, 5) is 20.8. The fraction of sp³-hybridized carbons (Fsp3) is 0.385. The summed E-state index contributed by atoms with van der Waals surface area (Å²) in [6, 6.07) is 13.2. The number of hydrogen-bond acceptors (Lipinski definition) is 4. The topological polar surface area (TPSA) is 57.2 Å². The van der Waals surface area contributed by atoms with Crippen molar-refractivity contribution in [2.45, 2.75) is 25.8 Å². The zero-order chi connectivity index (χ0) is 25.0. The van der Waals surface area contributed by atoms with E-state index in [1.807, 2.05) is 35.2 Å². The molecule has 2 heterocycles. The number of rotatable bonds is 6. The molecule has 2 aromatic rings. The lowest BCUT2D eigenvalue weighted by molar-refractivity contribution is 0.0702. The summed E-state index contributed by atoms with van der Waals surface area (Å²) in [5.74, 6) is -1.52. The maximum absolute atomic E-state index is 15.1. The molecule has 0 bridgehead atoms. The summed E-state index contributed by atoms with van der Waals surface area (Å²) < 4.78 is 45.7. The molecule has 0 saturated carbocycles. The lowest BCUT2D eigenvalue weighted by atomic mass is 9.73. The lowest BCUT2D eigenvalue weighted by Crippen LogP contribution is -2.59. The summed E-state index contributed by atoms with van der Waals surface area (Å²) >= 11 is 0. The quantitative estimate of drug-likeness (QED) is 0.362. The number of hydrogen-bond donors (Lipinski definition) is 1. The number of likely N-dealkylation sites (tertiary alicyclic amines) is 1. The van der Waals surface area contributed by atoms with Gasteiger partial charge in [0.1, 0.15) is 5.82 Å². The third-order valence-electron chi connectivity index (χ3n) is 6.70. The molecule has 0 atom stereocenters. The third kappa shape index (κ3) is 5.51. The van der Waals surface area contributed by atoms with Crippen molar-refractivity contribution in [1.82, 2.24) is 10.2 Å². The molecule has 0 unspecified atom stereocenters. The number of allylic oxidation sites excluding steroid dienone is 1. The van der Waals surface area contributed by atoms with Crippen LogP contribution in [0.4, 0.5) is 23.7 Å². The second-order valence-corrected chi connectivity index (χ2v) is 9.00. The number of alkyl halides is 2. The number of carbonyl (C=O) groups excluding carboxylic acids is 1. The van der Waals surface area contributed by atoms with E-state index < -0.39 is 18.0 Å². The SMILES string of the molecule is C=C(OC(=NC)c1ccc(CN(C(=O)N2CCC3(CC2)CNC3)c2ccccc2)c(F)c1)C(F)F. The number of amides is 2. The standard InChI is InChI=1S/C26H29F3N4O2/c1-18(23(28)29)35-24(30-2)19-8-9-20(22(27)14-19)15-33(21-6-4-3-5-7-21)25(34)32-12-10-26(11-13-32)16-31-17-26/h3-9,14,23,31H,1,10-13,15-17H2,2H3. The van der Waals surface area contributed by atoms with Gasteiger partial charge in [-0.15, -0.1) is 0 Å². The molecule has 35 heavy (non-hydrogen) atoms. The maximum Gasteiger partial charge on any atom is 0.324 e. The molecule has 2 fully saturated rings. The molecule has 1 N–H and O–H groups in total. The molecule has 2 aliphatic rings. The van der Waals surface area contributed by atoms with Gasteiger partial charge in [0.15, 0.2) is 5.76 Å². The van der Waals surface area contributed by atoms with Gasteiger partial charge >= 0.3 is 6.03 Å². The van der Waals surface area contributed by atoms with Crippen molar-refractivity contribution in [3.63, 3.8) is 0 Å². The highest BCUT2D eigenvalue weighted by molar-refractivity contribution is 5.95. The largest absolute Gasteiger partial charge is 0.438 e. The van der Waals surface area contributed by atoms with Crippen LogP contribution in [0.25, 0.3) is 0 Å². The molecule has 2 aliphatic heterocycles. The fourth-order valence-corrected chi connectivity index (χ4v) is 4.43. The first-order valence-electron chi connectivity index (χ1n) is 11.5. The Bertz CT molecular complexity index is 1090. The molecule has 6 nitrogen and oxygen atoms in total. The second kappa shape index (κ2) is 10.5. The number of piperidine rings is 1. The van der Waals surface area contributed by atoms with Crippen molar-refractivity contribution < 1.29 is 22.7 Å². The van der Waals surface area contributed by atoms with E-state index in [0.717, 1.165) is 32.0 Å². The Labute approximate surface area is 203 Å². The van der Waals surface area contributed by atoms with E-state index in [9.17, 15) is 13.6 Å². The number of para-hydroxylation sites is 1. The number of halogens is 3. The molecule has 1 spiro atoms. The van der Waals surface area contributed by atoms with Crippen molar-refractivity contribution in [2.75, 3.05) is 38.1 Å². The Balaban J connectivity index is 1.53. The number of anilines is 1. The van der Waals surface area contributed by atoms with Gasteiger partial charge in [0.2, 0.25) is 5.90 Å². The first kappa shape index (κ1) is 24.8. The minimum Gasteiger partial charge on any atom is -0.438 e. The van der Waals surface area contributed by atoms with E-state index in [0.29, 0.717) is 24.2 Å². The molecule has 4 rings (SSSR count). The normalized spacial score (nSPS) is 17.3. The van der Waals surface area contributed by atoms with Crippen LogP contribution in [0.2, 0.25) is 0 Å². The van der Waals surface area contributed by atoms with E-state index in [1.165, 1.54) is 19.2 Å². The van der Waals surface area contributed by atoms with Crippen LogP contribution in [0.5, 0.6) is 0 Å². The molecule has 186 valence electrons. The van der Waals surface area contributed by atoms with Gasteiger partial charge in [0, 0.05) is 50.0 Å². The van der Waals surface area contributed by atoms with Crippen LogP contribution in [-0.4, -0.2) is 56.5 Å².